The summed E-state index contributed by atoms with van der Waals surface area (Å²) >= 11 is 0. The first kappa shape index (κ1) is 25.7. The van der Waals surface area contributed by atoms with Crippen molar-refractivity contribution in [2.75, 3.05) is 5.32 Å². The van der Waals surface area contributed by atoms with Gasteiger partial charge >= 0.3 is 6.18 Å². The zero-order chi connectivity index (χ0) is 25.8. The van der Waals surface area contributed by atoms with E-state index >= 15 is 0 Å². The van der Waals surface area contributed by atoms with Crippen LogP contribution in [0, 0.1) is 0 Å². The Morgan fingerprint density at radius 1 is 0.943 bits per heavy atom. The fourth-order valence-electron chi connectivity index (χ4n) is 3.37. The number of hydrogen-bond acceptors (Lipinski definition) is 4. The quantitative estimate of drug-likeness (QED) is 0.425. The van der Waals surface area contributed by atoms with Crippen LogP contribution in [0.25, 0.3) is 16.7 Å². The van der Waals surface area contributed by atoms with E-state index in [-0.39, 0.29) is 28.1 Å². The van der Waals surface area contributed by atoms with Crippen LogP contribution in [0.15, 0.2) is 83.8 Å². The van der Waals surface area contributed by atoms with Crippen LogP contribution in [-0.4, -0.2) is 26.4 Å². The molecule has 0 fully saturated rings. The number of nitrogens with two attached hydrogens (primary N) is 2. The van der Waals surface area contributed by atoms with E-state index in [0.29, 0.717) is 17.2 Å². The number of benzene rings is 3. The normalized spacial score (nSPS) is 12.3. The van der Waals surface area contributed by atoms with Crippen molar-refractivity contribution >= 4 is 33.1 Å². The molecule has 0 spiro atoms. The summed E-state index contributed by atoms with van der Waals surface area (Å²) in [7, 11) is -3.98. The van der Waals surface area contributed by atoms with Crippen LogP contribution in [0.4, 0.5) is 18.9 Å². The number of amides is 2. The summed E-state index contributed by atoms with van der Waals surface area (Å²) < 4.78 is 64.7. The largest absolute Gasteiger partial charge is 0.417 e. The third kappa shape index (κ3) is 6.78. The predicted octanol–water partition coefficient (Wildman–Crippen LogP) is 3.61. The third-order valence-corrected chi connectivity index (χ3v) is 5.82. The molecular weight excluding hydrogens is 483 g/mol. The standard InChI is InChI=1S/C24H20F3N3O4S/c25-24(26,27)20(17-5-3-4-15(12-17)13-22(28)31)14-23(32)30-18-10-8-16(9-11-18)19-6-1-2-7-21(19)35(29,33)34/h1-12,14H,13H2,(H2,28,31)(H,30,32)(H2,29,33,34)/b20-14+. The van der Waals surface area contributed by atoms with Crippen molar-refractivity contribution in [3.63, 3.8) is 0 Å². The maximum absolute atomic E-state index is 13.7. The van der Waals surface area contributed by atoms with Gasteiger partial charge in [0.2, 0.25) is 21.8 Å². The van der Waals surface area contributed by atoms with Crippen molar-refractivity contribution in [2.45, 2.75) is 17.5 Å². The summed E-state index contributed by atoms with van der Waals surface area (Å²) in [4.78, 5) is 23.4. The van der Waals surface area contributed by atoms with Gasteiger partial charge in [0.25, 0.3) is 0 Å². The molecule has 0 saturated heterocycles. The average molecular weight is 504 g/mol. The average Bonchev–Trinajstić information content (AvgIpc) is 2.76. The number of halogens is 3. The van der Waals surface area contributed by atoms with Crippen molar-refractivity contribution < 1.29 is 31.2 Å². The van der Waals surface area contributed by atoms with Crippen LogP contribution in [0.2, 0.25) is 0 Å². The number of anilines is 1. The molecular formula is C24H20F3N3O4S. The maximum atomic E-state index is 13.7. The number of primary sulfonamides is 1. The minimum absolute atomic E-state index is 0.0897. The molecule has 0 atom stereocenters. The highest BCUT2D eigenvalue weighted by Gasteiger charge is 2.35. The number of alkyl halides is 3. The second-order valence-electron chi connectivity index (χ2n) is 7.51. The van der Waals surface area contributed by atoms with Gasteiger partial charge in [-0.2, -0.15) is 13.2 Å². The van der Waals surface area contributed by atoms with Crippen LogP contribution >= 0.6 is 0 Å². The Balaban J connectivity index is 1.86. The Bertz CT molecular complexity index is 1400. The third-order valence-electron chi connectivity index (χ3n) is 4.85. The lowest BCUT2D eigenvalue weighted by Gasteiger charge is -2.13. The van der Waals surface area contributed by atoms with Gasteiger partial charge in [0.1, 0.15) is 0 Å². The van der Waals surface area contributed by atoms with E-state index in [1.807, 2.05) is 0 Å². The number of primary amides is 1. The van der Waals surface area contributed by atoms with E-state index < -0.39 is 33.6 Å². The van der Waals surface area contributed by atoms with Gasteiger partial charge in [0, 0.05) is 17.3 Å². The van der Waals surface area contributed by atoms with Crippen LogP contribution < -0.4 is 16.2 Å². The molecule has 0 heterocycles. The molecule has 0 aromatic heterocycles. The second kappa shape index (κ2) is 10.1. The smallest absolute Gasteiger partial charge is 0.369 e. The van der Waals surface area contributed by atoms with E-state index in [1.165, 1.54) is 54.6 Å². The zero-order valence-electron chi connectivity index (χ0n) is 18.0. The van der Waals surface area contributed by atoms with E-state index in [4.69, 9.17) is 10.9 Å². The number of carbonyl (C=O) groups is 2. The number of nitrogens with one attached hydrogen (secondary N) is 1. The highest BCUT2D eigenvalue weighted by molar-refractivity contribution is 7.89. The molecule has 3 aromatic rings. The molecule has 7 nitrogen and oxygen atoms in total. The minimum Gasteiger partial charge on any atom is -0.369 e. The lowest BCUT2D eigenvalue weighted by Crippen LogP contribution is -2.17. The summed E-state index contributed by atoms with van der Waals surface area (Å²) in [5.74, 6) is -1.73. The number of allylic oxidation sites excluding steroid dienone is 1. The van der Waals surface area contributed by atoms with Gasteiger partial charge < -0.3 is 11.1 Å². The lowest BCUT2D eigenvalue weighted by molar-refractivity contribution is -0.117. The Kier molecular flexibility index (Phi) is 7.42. The molecule has 182 valence electrons. The van der Waals surface area contributed by atoms with Crippen LogP contribution in [0.3, 0.4) is 0 Å². The summed E-state index contributed by atoms with van der Waals surface area (Å²) in [6.45, 7) is 0. The molecule has 0 saturated carbocycles. The highest BCUT2D eigenvalue weighted by Crippen LogP contribution is 2.34. The van der Waals surface area contributed by atoms with Gasteiger partial charge in [0.05, 0.1) is 16.9 Å². The SMILES string of the molecule is NC(=O)Cc1cccc(/C(=C\C(=O)Nc2ccc(-c3ccccc3S(N)(=O)=O)cc2)C(F)(F)F)c1. The number of rotatable bonds is 7. The molecule has 0 aliphatic carbocycles. The molecule has 3 aromatic carbocycles. The molecule has 11 heteroatoms. The maximum Gasteiger partial charge on any atom is 0.417 e. The first-order chi connectivity index (χ1) is 16.3. The molecule has 0 radical (unpaired) electrons. The van der Waals surface area contributed by atoms with Gasteiger partial charge in [-0.25, -0.2) is 13.6 Å². The molecule has 3 rings (SSSR count). The first-order valence-corrected chi connectivity index (χ1v) is 11.6. The van der Waals surface area contributed by atoms with Crippen molar-refractivity contribution in [3.8, 4) is 11.1 Å². The molecule has 0 aliphatic rings. The number of hydrogen-bond donors (Lipinski definition) is 3. The van der Waals surface area contributed by atoms with Gasteiger partial charge in [-0.05, 0) is 34.9 Å². The summed E-state index contributed by atoms with van der Waals surface area (Å²) in [5.41, 5.74) is 4.90. The molecule has 35 heavy (non-hydrogen) atoms. The molecule has 2 amide bonds. The highest BCUT2D eigenvalue weighted by atomic mass is 32.2. The van der Waals surface area contributed by atoms with Crippen molar-refractivity contribution in [2.24, 2.45) is 10.9 Å². The van der Waals surface area contributed by atoms with Crippen molar-refractivity contribution in [1.29, 1.82) is 0 Å². The fraction of sp³-hybridized carbons (Fsp3) is 0.0833. The Morgan fingerprint density at radius 2 is 1.60 bits per heavy atom. The number of sulfonamides is 1. The summed E-state index contributed by atoms with van der Waals surface area (Å²) in [5, 5.41) is 7.60. The van der Waals surface area contributed by atoms with Crippen molar-refractivity contribution in [1.82, 2.24) is 0 Å². The molecule has 0 unspecified atom stereocenters. The monoisotopic (exact) mass is 503 g/mol. The summed E-state index contributed by atoms with van der Waals surface area (Å²) in [6.07, 6.45) is -4.66. The zero-order valence-corrected chi connectivity index (χ0v) is 18.9. The van der Waals surface area contributed by atoms with Crippen LogP contribution in [0.1, 0.15) is 11.1 Å². The second-order valence-corrected chi connectivity index (χ2v) is 9.04. The molecule has 5 N–H and O–H groups in total. The summed E-state index contributed by atoms with van der Waals surface area (Å²) in [6, 6.07) is 17.0. The van der Waals surface area contributed by atoms with E-state index in [1.54, 1.807) is 12.1 Å². The lowest BCUT2D eigenvalue weighted by atomic mass is 10.0. The van der Waals surface area contributed by atoms with Crippen LogP contribution in [-0.2, 0) is 26.0 Å². The van der Waals surface area contributed by atoms with Crippen LogP contribution in [0.5, 0.6) is 0 Å². The van der Waals surface area contributed by atoms with Gasteiger partial charge in [-0.3, -0.25) is 9.59 Å². The van der Waals surface area contributed by atoms with E-state index in [9.17, 15) is 31.2 Å². The van der Waals surface area contributed by atoms with Gasteiger partial charge in [-0.15, -0.1) is 0 Å². The molecule has 0 aliphatic heterocycles. The Hall–Kier alpha value is -3.96. The van der Waals surface area contributed by atoms with Gasteiger partial charge in [-0.1, -0.05) is 54.6 Å². The fourth-order valence-corrected chi connectivity index (χ4v) is 4.14. The Labute approximate surface area is 199 Å². The predicted molar refractivity (Wildman–Crippen MR) is 125 cm³/mol. The van der Waals surface area contributed by atoms with E-state index in [2.05, 4.69) is 5.32 Å². The first-order valence-electron chi connectivity index (χ1n) is 10.0. The van der Waals surface area contributed by atoms with Gasteiger partial charge in [0.15, 0.2) is 0 Å². The van der Waals surface area contributed by atoms with E-state index in [0.717, 1.165) is 6.07 Å². The minimum atomic E-state index is -4.84. The number of carbonyl (C=O) groups excluding carboxylic acids is 2. The Morgan fingerprint density at radius 3 is 2.20 bits per heavy atom. The molecule has 0 bridgehead atoms. The topological polar surface area (TPSA) is 132 Å². The van der Waals surface area contributed by atoms with Crippen molar-refractivity contribution in [3.05, 3.63) is 90.0 Å².